The molecule has 0 radical (unpaired) electrons. The summed E-state index contributed by atoms with van der Waals surface area (Å²) in [5.74, 6) is 0. The van der Waals surface area contributed by atoms with Crippen molar-refractivity contribution < 1.29 is 0 Å². The molecule has 0 rings (SSSR count). The van der Waals surface area contributed by atoms with Gasteiger partial charge in [0.05, 0.1) is 10.1 Å². The third-order valence-corrected chi connectivity index (χ3v) is 2.87. The molecule has 0 unspecified atom stereocenters. The molecule has 0 heterocycles. The number of halogens is 6. The van der Waals surface area contributed by atoms with Crippen LogP contribution in [0.15, 0.2) is 10.1 Å². The van der Waals surface area contributed by atoms with Gasteiger partial charge in [0.1, 0.15) is 9.67 Å². The molecule has 0 saturated heterocycles. The zero-order chi connectivity index (χ0) is 8.31. The fourth-order valence-electron chi connectivity index (χ4n) is 0.208. The summed E-state index contributed by atoms with van der Waals surface area (Å²) in [5, 5.41) is 0.111. The van der Waals surface area contributed by atoms with Gasteiger partial charge in [-0.05, 0) is 0 Å². The Morgan fingerprint density at radius 1 is 0.700 bits per heavy atom. The van der Waals surface area contributed by atoms with Crippen LogP contribution < -0.4 is 0 Å². The fourth-order valence-corrected chi connectivity index (χ4v) is 1.12. The number of alkyl halides is 4. The minimum Gasteiger partial charge on any atom is -0.0990 e. The Morgan fingerprint density at radius 2 is 0.900 bits per heavy atom. The molecule has 0 aromatic rings. The highest BCUT2D eigenvalue weighted by atomic mass is 35.5. The maximum atomic E-state index is 5.48. The zero-order valence-electron chi connectivity index (χ0n) is 4.42. The van der Waals surface area contributed by atoms with Gasteiger partial charge in [0.25, 0.3) is 0 Å². The van der Waals surface area contributed by atoms with E-state index in [1.165, 1.54) is 0 Å². The largest absolute Gasteiger partial charge is 0.144 e. The van der Waals surface area contributed by atoms with Crippen LogP contribution in [0.5, 0.6) is 0 Å². The highest BCUT2D eigenvalue weighted by molar-refractivity contribution is 6.58. The summed E-state index contributed by atoms with van der Waals surface area (Å²) in [6.07, 6.45) is 0. The van der Waals surface area contributed by atoms with Crippen LogP contribution in [0.1, 0.15) is 0 Å². The van der Waals surface area contributed by atoms with Crippen molar-refractivity contribution in [1.82, 2.24) is 0 Å². The molecule has 0 N–H and O–H groups in total. The molecule has 0 aliphatic heterocycles. The third kappa shape index (κ3) is 3.75. The Labute approximate surface area is 89.0 Å². The van der Waals surface area contributed by atoms with Gasteiger partial charge in [-0.2, -0.15) is 0 Å². The average Bonchev–Trinajstić information content (AvgIpc) is 1.84. The first-order chi connectivity index (χ1) is 4.46. The minimum atomic E-state index is -0.880. The summed E-state index contributed by atoms with van der Waals surface area (Å²) in [6, 6.07) is 0. The van der Waals surface area contributed by atoms with Crippen LogP contribution in [0.25, 0.3) is 0 Å². The van der Waals surface area contributed by atoms with Crippen LogP contribution in [0, 0.1) is 0 Å². The smallest absolute Gasteiger partial charge is 0.0990 e. The predicted molar refractivity (Wildman–Crippen MR) is 49.7 cm³/mol. The van der Waals surface area contributed by atoms with Gasteiger partial charge < -0.3 is 0 Å². The molecule has 0 saturated carbocycles. The van der Waals surface area contributed by atoms with Gasteiger partial charge in [-0.1, -0.05) is 69.6 Å². The normalized spacial score (nSPS) is 14.4. The first-order valence-electron chi connectivity index (χ1n) is 2.08. The molecule has 6 heteroatoms. The lowest BCUT2D eigenvalue weighted by molar-refractivity contribution is 1.42. The van der Waals surface area contributed by atoms with E-state index < -0.39 is 9.67 Å². The molecule has 0 bridgehead atoms. The third-order valence-electron chi connectivity index (χ3n) is 0.611. The van der Waals surface area contributed by atoms with E-state index in [9.17, 15) is 0 Å². The highest BCUT2D eigenvalue weighted by Crippen LogP contribution is 2.30. The first-order valence-corrected chi connectivity index (χ1v) is 4.58. The van der Waals surface area contributed by atoms with E-state index in [1.54, 1.807) is 0 Å². The molecule has 0 fully saturated rings. The van der Waals surface area contributed by atoms with Crippen LogP contribution >= 0.6 is 69.6 Å². The standard InChI is InChI=1S/C4H2Cl6/c5-1(3(7)8)2(6)4(9)10/h3-4H/b2-1+. The van der Waals surface area contributed by atoms with Gasteiger partial charge in [-0.15, -0.1) is 0 Å². The highest BCUT2D eigenvalue weighted by Gasteiger charge is 2.14. The van der Waals surface area contributed by atoms with Gasteiger partial charge in [0, 0.05) is 0 Å². The second kappa shape index (κ2) is 5.18. The summed E-state index contributed by atoms with van der Waals surface area (Å²) in [4.78, 5) is -1.76. The molecule has 0 atom stereocenters. The summed E-state index contributed by atoms with van der Waals surface area (Å²) >= 11 is 32.3. The van der Waals surface area contributed by atoms with E-state index in [1.807, 2.05) is 0 Å². The Morgan fingerprint density at radius 3 is 1.00 bits per heavy atom. The number of rotatable bonds is 2. The maximum absolute atomic E-state index is 5.48. The lowest BCUT2D eigenvalue weighted by Gasteiger charge is -2.03. The van der Waals surface area contributed by atoms with Crippen LogP contribution in [-0.4, -0.2) is 9.67 Å². The summed E-state index contributed by atoms with van der Waals surface area (Å²) in [7, 11) is 0. The first kappa shape index (κ1) is 11.5. The van der Waals surface area contributed by atoms with Gasteiger partial charge >= 0.3 is 0 Å². The molecule has 0 amide bonds. The van der Waals surface area contributed by atoms with Crippen molar-refractivity contribution in [2.24, 2.45) is 0 Å². The predicted octanol–water partition coefficient (Wildman–Crippen LogP) is 4.28. The van der Waals surface area contributed by atoms with E-state index in [0.717, 1.165) is 0 Å². The van der Waals surface area contributed by atoms with Crippen molar-refractivity contribution in [2.75, 3.05) is 0 Å². The monoisotopic (exact) mass is 260 g/mol. The Balaban J connectivity index is 4.34. The molecular formula is C4H2Cl6. The van der Waals surface area contributed by atoms with Gasteiger partial charge in [0.15, 0.2) is 0 Å². The Hall–Kier alpha value is 1.48. The SMILES string of the molecule is Cl/C(=C(/Cl)C(Cl)Cl)C(Cl)Cl. The summed E-state index contributed by atoms with van der Waals surface area (Å²) in [5.41, 5.74) is 0. The minimum absolute atomic E-state index is 0.0556. The van der Waals surface area contributed by atoms with Crippen LogP contribution in [-0.2, 0) is 0 Å². The van der Waals surface area contributed by atoms with Gasteiger partial charge in [-0.25, -0.2) is 0 Å². The van der Waals surface area contributed by atoms with E-state index in [0.29, 0.717) is 0 Å². The Kier molecular flexibility index (Phi) is 5.95. The summed E-state index contributed by atoms with van der Waals surface area (Å²) in [6.45, 7) is 0. The van der Waals surface area contributed by atoms with Gasteiger partial charge in [0.2, 0.25) is 0 Å². The molecular weight excluding hydrogens is 261 g/mol. The average molecular weight is 263 g/mol. The number of allylic oxidation sites excluding steroid dienone is 2. The maximum Gasteiger partial charge on any atom is 0.144 e. The summed E-state index contributed by atoms with van der Waals surface area (Å²) < 4.78 is 0. The van der Waals surface area contributed by atoms with Crippen molar-refractivity contribution in [1.29, 1.82) is 0 Å². The van der Waals surface area contributed by atoms with E-state index in [-0.39, 0.29) is 10.1 Å². The van der Waals surface area contributed by atoms with Gasteiger partial charge in [-0.3, -0.25) is 0 Å². The van der Waals surface area contributed by atoms with E-state index in [2.05, 4.69) is 0 Å². The second-order valence-electron chi connectivity index (χ2n) is 1.30. The van der Waals surface area contributed by atoms with Crippen molar-refractivity contribution in [3.63, 3.8) is 0 Å². The fraction of sp³-hybridized carbons (Fsp3) is 0.500. The van der Waals surface area contributed by atoms with Crippen molar-refractivity contribution in [3.05, 3.63) is 10.1 Å². The quantitative estimate of drug-likeness (QED) is 0.652. The molecule has 60 valence electrons. The number of hydrogen-bond donors (Lipinski definition) is 0. The zero-order valence-corrected chi connectivity index (χ0v) is 8.96. The molecule has 0 aromatic carbocycles. The van der Waals surface area contributed by atoms with Crippen molar-refractivity contribution >= 4 is 69.6 Å². The van der Waals surface area contributed by atoms with Crippen molar-refractivity contribution in [3.8, 4) is 0 Å². The van der Waals surface area contributed by atoms with Crippen LogP contribution in [0.3, 0.4) is 0 Å². The Bertz CT molecular complexity index is 121. The topological polar surface area (TPSA) is 0 Å². The molecule has 0 aliphatic rings. The van der Waals surface area contributed by atoms with Crippen LogP contribution in [0.2, 0.25) is 0 Å². The van der Waals surface area contributed by atoms with E-state index >= 15 is 0 Å². The van der Waals surface area contributed by atoms with Crippen LogP contribution in [0.4, 0.5) is 0 Å². The lowest BCUT2D eigenvalue weighted by Crippen LogP contribution is -1.95. The molecule has 0 nitrogen and oxygen atoms in total. The van der Waals surface area contributed by atoms with Crippen molar-refractivity contribution in [2.45, 2.75) is 9.67 Å². The lowest BCUT2D eigenvalue weighted by atomic mass is 10.5. The van der Waals surface area contributed by atoms with E-state index in [4.69, 9.17) is 69.6 Å². The molecule has 0 spiro atoms. The number of hydrogen-bond acceptors (Lipinski definition) is 0. The molecule has 10 heavy (non-hydrogen) atoms. The molecule has 0 aliphatic carbocycles. The second-order valence-corrected chi connectivity index (χ2v) is 4.30. The molecule has 0 aromatic heterocycles.